The number of hydrogen-bond donors (Lipinski definition) is 2. The van der Waals surface area contributed by atoms with Crippen LogP contribution in [0.2, 0.25) is 0 Å². The number of hydrogen-bond acceptors (Lipinski definition) is 5. The van der Waals surface area contributed by atoms with Crippen molar-refractivity contribution < 1.29 is 9.90 Å². The van der Waals surface area contributed by atoms with Gasteiger partial charge in [-0.25, -0.2) is 4.98 Å². The quantitative estimate of drug-likeness (QED) is 0.541. The van der Waals surface area contributed by atoms with E-state index in [1.165, 1.54) is 0 Å². The van der Waals surface area contributed by atoms with Gasteiger partial charge in [-0.15, -0.1) is 11.3 Å². The van der Waals surface area contributed by atoms with Gasteiger partial charge in [0.2, 0.25) is 0 Å². The number of thioether (sulfide) groups is 1. The molecule has 0 spiro atoms. The van der Waals surface area contributed by atoms with Crippen molar-refractivity contribution in [3.63, 3.8) is 0 Å². The first kappa shape index (κ1) is 15.8. The lowest BCUT2D eigenvalue weighted by molar-refractivity contribution is -0.144. The summed E-state index contributed by atoms with van der Waals surface area (Å²) in [4.78, 5) is 15.8. The van der Waals surface area contributed by atoms with Gasteiger partial charge in [-0.3, -0.25) is 10.1 Å². The van der Waals surface area contributed by atoms with E-state index in [1.54, 1.807) is 23.1 Å². The van der Waals surface area contributed by atoms with Gasteiger partial charge in [0.1, 0.15) is 9.88 Å². The first-order chi connectivity index (χ1) is 9.49. The predicted molar refractivity (Wildman–Crippen MR) is 83.6 cm³/mol. The average molecular weight is 314 g/mol. The molecule has 20 heavy (non-hydrogen) atoms. The van der Waals surface area contributed by atoms with E-state index in [-0.39, 0.29) is 0 Å². The molecule has 1 aromatic heterocycles. The smallest absolute Gasteiger partial charge is 0.323 e. The molecule has 6 heteroatoms. The van der Waals surface area contributed by atoms with E-state index in [0.717, 1.165) is 41.5 Å². The van der Waals surface area contributed by atoms with Gasteiger partial charge in [-0.2, -0.15) is 0 Å². The molecule has 1 aliphatic rings. The molecule has 2 N–H and O–H groups in total. The summed E-state index contributed by atoms with van der Waals surface area (Å²) < 4.78 is 1.11. The Morgan fingerprint density at radius 2 is 2.35 bits per heavy atom. The lowest BCUT2D eigenvalue weighted by atomic mass is 9.95. The lowest BCUT2D eigenvalue weighted by Gasteiger charge is -2.26. The van der Waals surface area contributed by atoms with Crippen LogP contribution in [0.1, 0.15) is 44.7 Å². The number of thiazole rings is 1. The number of rotatable bonds is 9. The molecule has 1 saturated carbocycles. The molecule has 0 aliphatic heterocycles. The summed E-state index contributed by atoms with van der Waals surface area (Å²) in [6.07, 6.45) is 4.87. The Morgan fingerprint density at radius 3 is 2.90 bits per heavy atom. The van der Waals surface area contributed by atoms with Gasteiger partial charge in [0, 0.05) is 22.9 Å². The van der Waals surface area contributed by atoms with Crippen molar-refractivity contribution in [1.29, 1.82) is 0 Å². The largest absolute Gasteiger partial charge is 0.480 e. The van der Waals surface area contributed by atoms with Gasteiger partial charge in [-0.1, -0.05) is 18.2 Å². The third-order valence-corrected chi connectivity index (χ3v) is 5.69. The molecular weight excluding hydrogens is 292 g/mol. The lowest BCUT2D eigenvalue weighted by Crippen LogP contribution is -2.50. The molecule has 0 aromatic carbocycles. The Labute approximate surface area is 128 Å². The Bertz CT molecular complexity index is 460. The predicted octanol–water partition coefficient (Wildman–Crippen LogP) is 3.31. The van der Waals surface area contributed by atoms with Crippen molar-refractivity contribution in [1.82, 2.24) is 10.3 Å². The first-order valence-electron chi connectivity index (χ1n) is 7.05. The van der Waals surface area contributed by atoms with Crippen molar-refractivity contribution in [3.8, 4) is 0 Å². The molecule has 1 heterocycles. The average Bonchev–Trinajstić information content (AvgIpc) is 3.09. The van der Waals surface area contributed by atoms with Crippen molar-refractivity contribution in [2.24, 2.45) is 0 Å². The number of nitrogens with one attached hydrogen (secondary N) is 1. The molecule has 0 bridgehead atoms. The summed E-state index contributed by atoms with van der Waals surface area (Å²) in [6.45, 7) is 3.81. The van der Waals surface area contributed by atoms with Gasteiger partial charge in [0.25, 0.3) is 0 Å². The number of carboxylic acids is 1. The van der Waals surface area contributed by atoms with Crippen LogP contribution in [0.4, 0.5) is 0 Å². The summed E-state index contributed by atoms with van der Waals surface area (Å²) in [5.74, 6) is 0.277. The summed E-state index contributed by atoms with van der Waals surface area (Å²) in [5.41, 5.74) is 0.313. The monoisotopic (exact) mass is 314 g/mol. The van der Waals surface area contributed by atoms with Gasteiger partial charge >= 0.3 is 5.97 Å². The maximum Gasteiger partial charge on any atom is 0.323 e. The van der Waals surface area contributed by atoms with E-state index in [9.17, 15) is 9.90 Å². The Balaban J connectivity index is 1.66. The molecule has 4 nitrogen and oxygen atoms in total. The molecule has 0 radical (unpaired) electrons. The zero-order chi connectivity index (χ0) is 14.6. The number of unbranched alkanes of at least 4 members (excludes halogenated alkanes) is 1. The van der Waals surface area contributed by atoms with Gasteiger partial charge in [-0.05, 0) is 39.5 Å². The maximum atomic E-state index is 11.4. The summed E-state index contributed by atoms with van der Waals surface area (Å²) >= 11 is 3.45. The molecule has 0 amide bonds. The second-order valence-corrected chi connectivity index (χ2v) is 7.82. The summed E-state index contributed by atoms with van der Waals surface area (Å²) in [6, 6.07) is 0.420. The molecule has 1 fully saturated rings. The standard InChI is InChI=1S/C14H22N2O2S2/c1-10-9-20-13(15-10)19-8-4-3-7-14(2,12(17)18)16-11-5-6-11/h9,11,16H,3-8H2,1-2H3,(H,17,18). The van der Waals surface area contributed by atoms with E-state index in [0.29, 0.717) is 12.5 Å². The third-order valence-electron chi connectivity index (χ3n) is 3.47. The van der Waals surface area contributed by atoms with Crippen molar-refractivity contribution in [3.05, 3.63) is 11.1 Å². The molecule has 1 aromatic rings. The highest BCUT2D eigenvalue weighted by Crippen LogP contribution is 2.27. The summed E-state index contributed by atoms with van der Waals surface area (Å²) in [5, 5.41) is 14.7. The van der Waals surface area contributed by atoms with Crippen LogP contribution in [0.25, 0.3) is 0 Å². The van der Waals surface area contributed by atoms with Crippen LogP contribution in [0.3, 0.4) is 0 Å². The number of carboxylic acid groups (broad SMARTS) is 1. The van der Waals surface area contributed by atoms with Crippen molar-refractivity contribution in [2.45, 2.75) is 61.9 Å². The van der Waals surface area contributed by atoms with E-state index in [2.05, 4.69) is 15.7 Å². The Hall–Kier alpha value is -0.590. The number of aliphatic carboxylic acids is 1. The molecule has 1 aliphatic carbocycles. The highest BCUT2D eigenvalue weighted by atomic mass is 32.2. The molecule has 112 valence electrons. The Morgan fingerprint density at radius 1 is 1.60 bits per heavy atom. The van der Waals surface area contributed by atoms with Crippen molar-refractivity contribution >= 4 is 29.1 Å². The summed E-state index contributed by atoms with van der Waals surface area (Å²) in [7, 11) is 0. The van der Waals surface area contributed by atoms with Gasteiger partial charge in [0.05, 0.1) is 0 Å². The zero-order valence-corrected chi connectivity index (χ0v) is 13.6. The SMILES string of the molecule is Cc1csc(SCCCCC(C)(NC2CC2)C(=O)O)n1. The fraction of sp³-hybridized carbons (Fsp3) is 0.714. The first-order valence-corrected chi connectivity index (χ1v) is 8.92. The van der Waals surface area contributed by atoms with Crippen LogP contribution in [0, 0.1) is 6.92 Å². The van der Waals surface area contributed by atoms with E-state index >= 15 is 0 Å². The number of aryl methyl sites for hydroxylation is 1. The highest BCUT2D eigenvalue weighted by Gasteiger charge is 2.37. The second kappa shape index (κ2) is 6.91. The van der Waals surface area contributed by atoms with Crippen LogP contribution >= 0.6 is 23.1 Å². The van der Waals surface area contributed by atoms with Crippen LogP contribution in [-0.2, 0) is 4.79 Å². The molecule has 1 atom stereocenters. The molecule has 2 rings (SSSR count). The van der Waals surface area contributed by atoms with Crippen LogP contribution in [0.5, 0.6) is 0 Å². The van der Waals surface area contributed by atoms with Crippen LogP contribution in [0.15, 0.2) is 9.72 Å². The maximum absolute atomic E-state index is 11.4. The van der Waals surface area contributed by atoms with Crippen molar-refractivity contribution in [2.75, 3.05) is 5.75 Å². The van der Waals surface area contributed by atoms with Gasteiger partial charge in [0.15, 0.2) is 0 Å². The minimum atomic E-state index is -0.760. The normalized spacial score (nSPS) is 17.9. The molecular formula is C14H22N2O2S2. The Kier molecular flexibility index (Phi) is 5.46. The van der Waals surface area contributed by atoms with Crippen LogP contribution in [-0.4, -0.2) is 33.4 Å². The highest BCUT2D eigenvalue weighted by molar-refractivity contribution is 8.00. The van der Waals surface area contributed by atoms with Crippen LogP contribution < -0.4 is 5.32 Å². The molecule has 0 saturated heterocycles. The number of aromatic nitrogens is 1. The fourth-order valence-electron chi connectivity index (χ4n) is 2.06. The topological polar surface area (TPSA) is 62.2 Å². The number of carbonyl (C=O) groups is 1. The fourth-order valence-corrected chi connectivity index (χ4v) is 3.98. The second-order valence-electron chi connectivity index (χ2n) is 5.62. The minimum Gasteiger partial charge on any atom is -0.480 e. The van der Waals surface area contributed by atoms with E-state index in [4.69, 9.17) is 0 Å². The third kappa shape index (κ3) is 4.75. The van der Waals surface area contributed by atoms with E-state index < -0.39 is 11.5 Å². The van der Waals surface area contributed by atoms with Gasteiger partial charge < -0.3 is 5.11 Å². The number of nitrogens with zero attached hydrogens (tertiary/aromatic N) is 1. The minimum absolute atomic E-state index is 0.420. The van der Waals surface area contributed by atoms with E-state index in [1.807, 2.05) is 13.8 Å². The molecule has 1 unspecified atom stereocenters. The zero-order valence-electron chi connectivity index (χ0n) is 12.0.